The minimum atomic E-state index is -0.839. The smallest absolute Gasteiger partial charge is 0.303 e. The highest BCUT2D eigenvalue weighted by molar-refractivity contribution is 5.66. The Bertz CT molecular complexity index is 344. The Kier molecular flexibility index (Phi) is 2.99. The first-order valence-corrected chi connectivity index (χ1v) is 5.27. The van der Waals surface area contributed by atoms with Crippen LogP contribution in [-0.2, 0) is 17.6 Å². The normalized spacial score (nSPS) is 16.3. The molecule has 0 atom stereocenters. The van der Waals surface area contributed by atoms with Crippen LogP contribution in [0.3, 0.4) is 0 Å². The maximum absolute atomic E-state index is 10.3. The highest BCUT2D eigenvalue weighted by atomic mass is 16.4. The van der Waals surface area contributed by atoms with Crippen molar-refractivity contribution in [2.45, 2.75) is 38.5 Å². The molecule has 0 bridgehead atoms. The highest BCUT2D eigenvalue weighted by Crippen LogP contribution is 2.29. The van der Waals surface area contributed by atoms with Crippen LogP contribution in [0.4, 0.5) is 0 Å². The number of carboxylic acid groups (broad SMARTS) is 1. The summed E-state index contributed by atoms with van der Waals surface area (Å²) in [7, 11) is 0. The Morgan fingerprint density at radius 2 is 2.13 bits per heavy atom. The van der Waals surface area contributed by atoms with Crippen LogP contribution in [0.25, 0.3) is 0 Å². The summed E-state index contributed by atoms with van der Waals surface area (Å²) in [6, 6.07) is 0. The summed E-state index contributed by atoms with van der Waals surface area (Å²) in [6.45, 7) is 0. The molecular formula is C10H14N2O3. The zero-order valence-corrected chi connectivity index (χ0v) is 8.48. The molecule has 0 aliphatic heterocycles. The van der Waals surface area contributed by atoms with Gasteiger partial charge in [-0.1, -0.05) is 6.42 Å². The van der Waals surface area contributed by atoms with Crippen LogP contribution < -0.4 is 0 Å². The van der Waals surface area contributed by atoms with E-state index in [1.54, 1.807) is 0 Å². The average Bonchev–Trinajstić information content (AvgIpc) is 2.56. The van der Waals surface area contributed by atoms with E-state index in [2.05, 4.69) is 10.2 Å². The third-order valence-corrected chi connectivity index (χ3v) is 2.75. The van der Waals surface area contributed by atoms with Crippen LogP contribution in [0.2, 0.25) is 0 Å². The van der Waals surface area contributed by atoms with Gasteiger partial charge in [0.15, 0.2) is 0 Å². The largest absolute Gasteiger partial charge is 0.481 e. The number of aryl methyl sites for hydroxylation is 1. The van der Waals surface area contributed by atoms with Gasteiger partial charge in [0.05, 0.1) is 6.42 Å². The molecule has 0 radical (unpaired) electrons. The second-order valence-corrected chi connectivity index (χ2v) is 3.98. The van der Waals surface area contributed by atoms with Crippen molar-refractivity contribution in [1.82, 2.24) is 10.2 Å². The Balaban J connectivity index is 1.83. The van der Waals surface area contributed by atoms with Gasteiger partial charge in [0.25, 0.3) is 0 Å². The van der Waals surface area contributed by atoms with E-state index in [-0.39, 0.29) is 6.42 Å². The number of hydrogen-bond donors (Lipinski definition) is 1. The molecule has 1 aliphatic carbocycles. The first kappa shape index (κ1) is 10.1. The molecule has 1 heterocycles. The molecule has 2 rings (SSSR count). The summed E-state index contributed by atoms with van der Waals surface area (Å²) in [5.41, 5.74) is 0. The van der Waals surface area contributed by atoms with Gasteiger partial charge in [-0.2, -0.15) is 0 Å². The maximum Gasteiger partial charge on any atom is 0.303 e. The number of hydrogen-bond acceptors (Lipinski definition) is 4. The van der Waals surface area contributed by atoms with E-state index >= 15 is 0 Å². The lowest BCUT2D eigenvalue weighted by atomic mass is 9.83. The number of nitrogens with zero attached hydrogens (tertiary/aromatic N) is 2. The van der Waals surface area contributed by atoms with Gasteiger partial charge in [-0.25, -0.2) is 0 Å². The monoisotopic (exact) mass is 210 g/mol. The number of aliphatic carboxylic acids is 1. The Morgan fingerprint density at radius 3 is 2.73 bits per heavy atom. The van der Waals surface area contributed by atoms with Gasteiger partial charge in [0, 0.05) is 12.8 Å². The second-order valence-electron chi connectivity index (χ2n) is 3.98. The third-order valence-electron chi connectivity index (χ3n) is 2.75. The summed E-state index contributed by atoms with van der Waals surface area (Å²) >= 11 is 0. The molecule has 1 saturated carbocycles. The van der Waals surface area contributed by atoms with Crippen molar-refractivity contribution in [1.29, 1.82) is 0 Å². The van der Waals surface area contributed by atoms with Crippen LogP contribution >= 0.6 is 0 Å². The highest BCUT2D eigenvalue weighted by Gasteiger charge is 2.20. The van der Waals surface area contributed by atoms with Crippen LogP contribution in [0.15, 0.2) is 4.42 Å². The molecule has 0 amide bonds. The van der Waals surface area contributed by atoms with E-state index in [0.29, 0.717) is 24.1 Å². The summed E-state index contributed by atoms with van der Waals surface area (Å²) < 4.78 is 5.35. The lowest BCUT2D eigenvalue weighted by Crippen LogP contribution is -2.13. The second kappa shape index (κ2) is 4.42. The van der Waals surface area contributed by atoms with Crippen LogP contribution in [0.5, 0.6) is 0 Å². The molecule has 1 aliphatic rings. The van der Waals surface area contributed by atoms with E-state index in [4.69, 9.17) is 9.52 Å². The van der Waals surface area contributed by atoms with Gasteiger partial charge >= 0.3 is 5.97 Å². The predicted molar refractivity (Wildman–Crippen MR) is 51.3 cm³/mol. The summed E-state index contributed by atoms with van der Waals surface area (Å²) in [5.74, 6) is 0.943. The SMILES string of the molecule is O=C(O)CCc1nnc(CC2CCC2)o1. The van der Waals surface area contributed by atoms with Crippen LogP contribution in [-0.4, -0.2) is 21.3 Å². The molecule has 0 spiro atoms. The molecule has 82 valence electrons. The zero-order chi connectivity index (χ0) is 10.7. The van der Waals surface area contributed by atoms with Crippen molar-refractivity contribution in [3.63, 3.8) is 0 Å². The molecule has 5 nitrogen and oxygen atoms in total. The molecule has 0 aromatic carbocycles. The lowest BCUT2D eigenvalue weighted by molar-refractivity contribution is -0.137. The van der Waals surface area contributed by atoms with E-state index in [1.807, 2.05) is 0 Å². The molecule has 1 N–H and O–H groups in total. The quantitative estimate of drug-likeness (QED) is 0.795. The van der Waals surface area contributed by atoms with E-state index in [1.165, 1.54) is 19.3 Å². The fourth-order valence-electron chi connectivity index (χ4n) is 1.63. The molecule has 0 unspecified atom stereocenters. The maximum atomic E-state index is 10.3. The van der Waals surface area contributed by atoms with Crippen molar-refractivity contribution in [3.05, 3.63) is 11.8 Å². The summed E-state index contributed by atoms with van der Waals surface area (Å²) in [6.07, 6.45) is 5.00. The first-order valence-electron chi connectivity index (χ1n) is 5.27. The van der Waals surface area contributed by atoms with Crippen molar-refractivity contribution in [3.8, 4) is 0 Å². The number of carboxylic acids is 1. The topological polar surface area (TPSA) is 76.2 Å². The van der Waals surface area contributed by atoms with Crippen LogP contribution in [0, 0.1) is 5.92 Å². The lowest BCUT2D eigenvalue weighted by Gasteiger charge is -2.23. The standard InChI is InChI=1S/C10H14N2O3/c13-10(14)5-4-8-11-12-9(15-8)6-7-2-1-3-7/h7H,1-6H2,(H,13,14). The summed E-state index contributed by atoms with van der Waals surface area (Å²) in [4.78, 5) is 10.3. The van der Waals surface area contributed by atoms with Gasteiger partial charge in [-0.05, 0) is 18.8 Å². The fourth-order valence-corrected chi connectivity index (χ4v) is 1.63. The molecule has 1 aromatic heterocycles. The van der Waals surface area contributed by atoms with Crippen molar-refractivity contribution < 1.29 is 14.3 Å². The molecule has 1 aromatic rings. The van der Waals surface area contributed by atoms with Crippen molar-refractivity contribution in [2.75, 3.05) is 0 Å². The van der Waals surface area contributed by atoms with Crippen molar-refractivity contribution in [2.24, 2.45) is 5.92 Å². The Morgan fingerprint density at radius 1 is 1.40 bits per heavy atom. The number of rotatable bonds is 5. The van der Waals surface area contributed by atoms with Gasteiger partial charge in [-0.3, -0.25) is 4.79 Å². The molecule has 0 saturated heterocycles. The van der Waals surface area contributed by atoms with Crippen LogP contribution in [0.1, 0.15) is 37.5 Å². The van der Waals surface area contributed by atoms with Crippen molar-refractivity contribution >= 4 is 5.97 Å². The van der Waals surface area contributed by atoms with Gasteiger partial charge in [0.1, 0.15) is 0 Å². The molecular weight excluding hydrogens is 196 g/mol. The average molecular weight is 210 g/mol. The van der Waals surface area contributed by atoms with E-state index < -0.39 is 5.97 Å². The summed E-state index contributed by atoms with van der Waals surface area (Å²) in [5, 5.41) is 16.2. The van der Waals surface area contributed by atoms with Gasteiger partial charge < -0.3 is 9.52 Å². The van der Waals surface area contributed by atoms with E-state index in [0.717, 1.165) is 6.42 Å². The third kappa shape index (κ3) is 2.78. The molecule has 1 fully saturated rings. The van der Waals surface area contributed by atoms with E-state index in [9.17, 15) is 4.79 Å². The fraction of sp³-hybridized carbons (Fsp3) is 0.700. The Labute approximate surface area is 87.5 Å². The number of aromatic nitrogens is 2. The Hall–Kier alpha value is -1.39. The minimum Gasteiger partial charge on any atom is -0.481 e. The minimum absolute atomic E-state index is 0.0467. The first-order chi connectivity index (χ1) is 7.24. The molecule has 5 heteroatoms. The predicted octanol–water partition coefficient (Wildman–Crippen LogP) is 1.43. The van der Waals surface area contributed by atoms with Gasteiger partial charge in [0.2, 0.25) is 11.8 Å². The number of carbonyl (C=O) groups is 1. The van der Waals surface area contributed by atoms with Gasteiger partial charge in [-0.15, -0.1) is 10.2 Å². The molecule has 15 heavy (non-hydrogen) atoms. The zero-order valence-electron chi connectivity index (χ0n) is 8.48.